The summed E-state index contributed by atoms with van der Waals surface area (Å²) in [5.74, 6) is 0.511. The Morgan fingerprint density at radius 3 is 3.00 bits per heavy atom. The number of carbonyl (C=O) groups excluding carboxylic acids is 1. The number of carbonyl (C=O) groups is 1. The Labute approximate surface area is 65.8 Å². The van der Waals surface area contributed by atoms with Gasteiger partial charge in [0, 0.05) is 11.8 Å². The van der Waals surface area contributed by atoms with Gasteiger partial charge < -0.3 is 4.18 Å². The lowest BCUT2D eigenvalue weighted by molar-refractivity contribution is -0.127. The molecule has 0 fully saturated rings. The fourth-order valence-corrected chi connectivity index (χ4v) is 1.01. The van der Waals surface area contributed by atoms with Gasteiger partial charge in [-0.2, -0.15) is 0 Å². The van der Waals surface area contributed by atoms with Gasteiger partial charge in [-0.25, -0.2) is 4.79 Å². The average Bonchev–Trinajstić information content (AvgIpc) is 1.98. The van der Waals surface area contributed by atoms with Crippen molar-refractivity contribution in [3.05, 3.63) is 12.7 Å². The van der Waals surface area contributed by atoms with Crippen LogP contribution in [0, 0.1) is 0 Å². The summed E-state index contributed by atoms with van der Waals surface area (Å²) in [6.45, 7) is 5.36. The first-order valence-electron chi connectivity index (χ1n) is 3.27. The first kappa shape index (κ1) is 9.56. The Morgan fingerprint density at radius 1 is 1.80 bits per heavy atom. The predicted octanol–water partition coefficient (Wildman–Crippen LogP) is 2.16. The summed E-state index contributed by atoms with van der Waals surface area (Å²) < 4.78 is 4.65. The lowest BCUT2D eigenvalue weighted by Gasteiger charge is -1.96. The largest absolute Gasteiger partial charge is 0.388 e. The summed E-state index contributed by atoms with van der Waals surface area (Å²) in [5.41, 5.74) is 0. The maximum atomic E-state index is 10.4. The van der Waals surface area contributed by atoms with E-state index in [1.54, 1.807) is 0 Å². The van der Waals surface area contributed by atoms with Crippen LogP contribution in [0.3, 0.4) is 0 Å². The van der Waals surface area contributed by atoms with E-state index < -0.39 is 0 Å². The van der Waals surface area contributed by atoms with Crippen molar-refractivity contribution in [3.8, 4) is 0 Å². The second-order valence-electron chi connectivity index (χ2n) is 1.78. The van der Waals surface area contributed by atoms with Crippen LogP contribution in [0.2, 0.25) is 0 Å². The van der Waals surface area contributed by atoms with Crippen molar-refractivity contribution in [2.24, 2.45) is 0 Å². The quantitative estimate of drug-likeness (QED) is 0.350. The summed E-state index contributed by atoms with van der Waals surface area (Å²) in [7, 11) is 0. The second kappa shape index (κ2) is 6.68. The molecule has 0 heterocycles. The third-order valence-electron chi connectivity index (χ3n) is 0.889. The molecule has 0 aromatic carbocycles. The zero-order valence-electron chi connectivity index (χ0n) is 6.13. The van der Waals surface area contributed by atoms with Crippen molar-refractivity contribution in [1.82, 2.24) is 0 Å². The fraction of sp³-hybridized carbons (Fsp3) is 0.571. The van der Waals surface area contributed by atoms with E-state index in [1.165, 1.54) is 18.1 Å². The lowest BCUT2D eigenvalue weighted by Crippen LogP contribution is -1.92. The molecule has 0 aromatic heterocycles. The molecule has 0 saturated heterocycles. The van der Waals surface area contributed by atoms with Gasteiger partial charge in [0.05, 0.1) is 12.0 Å². The van der Waals surface area contributed by atoms with Gasteiger partial charge in [0.1, 0.15) is 0 Å². The van der Waals surface area contributed by atoms with Crippen LogP contribution in [0.1, 0.15) is 19.8 Å². The van der Waals surface area contributed by atoms with Gasteiger partial charge in [-0.1, -0.05) is 19.9 Å². The van der Waals surface area contributed by atoms with Gasteiger partial charge in [-0.3, -0.25) is 0 Å². The van der Waals surface area contributed by atoms with Crippen molar-refractivity contribution in [3.63, 3.8) is 0 Å². The third-order valence-corrected chi connectivity index (χ3v) is 1.63. The molecule has 3 heteroatoms. The molecule has 0 radical (unpaired) electrons. The zero-order valence-corrected chi connectivity index (χ0v) is 6.95. The van der Waals surface area contributed by atoms with Crippen LogP contribution >= 0.6 is 12.0 Å². The number of rotatable bonds is 5. The molecular formula is C7H12O2S. The van der Waals surface area contributed by atoms with Crippen LogP contribution in [-0.2, 0) is 8.98 Å². The molecule has 0 spiro atoms. The maximum Gasteiger partial charge on any atom is 0.342 e. The van der Waals surface area contributed by atoms with E-state index in [2.05, 4.69) is 17.7 Å². The third kappa shape index (κ3) is 5.69. The molecule has 0 aliphatic carbocycles. The standard InChI is InChI=1S/C7H12O2S/c1-3-5-6-10-9-7(8)4-2/h4H,2-3,5-6H2,1H3. The molecule has 0 amide bonds. The van der Waals surface area contributed by atoms with Gasteiger partial charge in [-0.15, -0.1) is 0 Å². The lowest BCUT2D eigenvalue weighted by atomic mass is 10.4. The van der Waals surface area contributed by atoms with E-state index in [1.807, 2.05) is 0 Å². The number of unbranched alkanes of at least 4 members (excludes halogenated alkanes) is 1. The topological polar surface area (TPSA) is 26.3 Å². The van der Waals surface area contributed by atoms with E-state index in [4.69, 9.17) is 0 Å². The minimum Gasteiger partial charge on any atom is -0.388 e. The molecule has 10 heavy (non-hydrogen) atoms. The Kier molecular flexibility index (Phi) is 6.38. The van der Waals surface area contributed by atoms with Crippen molar-refractivity contribution in [1.29, 1.82) is 0 Å². The molecular weight excluding hydrogens is 148 g/mol. The molecule has 0 saturated carbocycles. The van der Waals surface area contributed by atoms with Gasteiger partial charge >= 0.3 is 5.97 Å². The highest BCUT2D eigenvalue weighted by molar-refractivity contribution is 7.95. The van der Waals surface area contributed by atoms with Gasteiger partial charge in [0.2, 0.25) is 0 Å². The Bertz CT molecular complexity index is 112. The SMILES string of the molecule is C=CC(=O)OSCCCC. The fourth-order valence-electron chi connectivity index (χ4n) is 0.337. The van der Waals surface area contributed by atoms with Crippen molar-refractivity contribution in [2.45, 2.75) is 19.8 Å². The smallest absolute Gasteiger partial charge is 0.342 e. The van der Waals surface area contributed by atoms with E-state index in [9.17, 15) is 4.79 Å². The highest BCUT2D eigenvalue weighted by atomic mass is 32.2. The first-order valence-corrected chi connectivity index (χ1v) is 4.18. The van der Waals surface area contributed by atoms with Crippen LogP contribution in [-0.4, -0.2) is 11.7 Å². The summed E-state index contributed by atoms with van der Waals surface area (Å²) >= 11 is 1.19. The number of hydrogen-bond acceptors (Lipinski definition) is 3. The van der Waals surface area contributed by atoms with E-state index in [-0.39, 0.29) is 5.97 Å². The Morgan fingerprint density at radius 2 is 2.50 bits per heavy atom. The normalized spacial score (nSPS) is 8.90. The molecule has 0 atom stereocenters. The van der Waals surface area contributed by atoms with Gasteiger partial charge in [0.15, 0.2) is 0 Å². The Balaban J connectivity index is 3.03. The van der Waals surface area contributed by atoms with Crippen molar-refractivity contribution in [2.75, 3.05) is 5.75 Å². The Hall–Kier alpha value is -0.440. The minimum atomic E-state index is -0.360. The van der Waals surface area contributed by atoms with Crippen molar-refractivity contribution < 1.29 is 8.98 Å². The van der Waals surface area contributed by atoms with Crippen LogP contribution in [0.15, 0.2) is 12.7 Å². The molecule has 0 unspecified atom stereocenters. The van der Waals surface area contributed by atoms with E-state index >= 15 is 0 Å². The van der Waals surface area contributed by atoms with Gasteiger partial charge in [-0.05, 0) is 6.42 Å². The van der Waals surface area contributed by atoms with Crippen LogP contribution < -0.4 is 0 Å². The average molecular weight is 160 g/mol. The first-order chi connectivity index (χ1) is 4.81. The summed E-state index contributed by atoms with van der Waals surface area (Å²) in [6.07, 6.45) is 3.37. The minimum absolute atomic E-state index is 0.360. The molecule has 58 valence electrons. The molecule has 0 aliphatic heterocycles. The van der Waals surface area contributed by atoms with Crippen LogP contribution in [0.25, 0.3) is 0 Å². The number of hydrogen-bond donors (Lipinski definition) is 0. The van der Waals surface area contributed by atoms with Crippen molar-refractivity contribution >= 4 is 18.0 Å². The predicted molar refractivity (Wildman–Crippen MR) is 43.7 cm³/mol. The van der Waals surface area contributed by atoms with Crippen LogP contribution in [0.5, 0.6) is 0 Å². The highest BCUT2D eigenvalue weighted by Crippen LogP contribution is 2.05. The van der Waals surface area contributed by atoms with Gasteiger partial charge in [0.25, 0.3) is 0 Å². The molecule has 0 rings (SSSR count). The molecule has 0 aliphatic rings. The highest BCUT2D eigenvalue weighted by Gasteiger charge is 1.94. The second-order valence-corrected chi connectivity index (χ2v) is 2.59. The van der Waals surface area contributed by atoms with Crippen LogP contribution in [0.4, 0.5) is 0 Å². The van der Waals surface area contributed by atoms with E-state index in [0.29, 0.717) is 0 Å². The monoisotopic (exact) mass is 160 g/mol. The molecule has 0 N–H and O–H groups in total. The maximum absolute atomic E-state index is 10.4. The summed E-state index contributed by atoms with van der Waals surface area (Å²) in [5, 5.41) is 0. The van der Waals surface area contributed by atoms with E-state index in [0.717, 1.165) is 18.6 Å². The summed E-state index contributed by atoms with van der Waals surface area (Å²) in [6, 6.07) is 0. The molecule has 2 nitrogen and oxygen atoms in total. The summed E-state index contributed by atoms with van der Waals surface area (Å²) in [4.78, 5) is 10.4. The molecule has 0 bridgehead atoms. The molecule has 0 aromatic rings. The zero-order chi connectivity index (χ0) is 7.82.